The topological polar surface area (TPSA) is 41.6 Å². The van der Waals surface area contributed by atoms with Crippen LogP contribution in [-0.4, -0.2) is 15.0 Å². The largest absolute Gasteiger partial charge is 0.333 e. The first kappa shape index (κ1) is 11.9. The second kappa shape index (κ2) is 4.92. The van der Waals surface area contributed by atoms with Gasteiger partial charge in [-0.3, -0.25) is 4.98 Å². The fraction of sp³-hybridized carbons (Fsp3) is 0.0667. The number of thiophene rings is 1. The molecule has 0 bridgehead atoms. The minimum absolute atomic E-state index is 0.831. The molecule has 0 radical (unpaired) electrons. The molecule has 0 aliphatic heterocycles. The van der Waals surface area contributed by atoms with Crippen LogP contribution >= 0.6 is 23.1 Å². The summed E-state index contributed by atoms with van der Waals surface area (Å²) in [7, 11) is 0. The molecule has 0 saturated carbocycles. The quantitative estimate of drug-likeness (QED) is 0.567. The lowest BCUT2D eigenvalue weighted by Gasteiger charge is -2.00. The average Bonchev–Trinajstić information content (AvgIpc) is 3.11. The van der Waals surface area contributed by atoms with Gasteiger partial charge in [0.1, 0.15) is 0 Å². The Hall–Kier alpha value is -1.85. The van der Waals surface area contributed by atoms with E-state index < -0.39 is 0 Å². The molecule has 0 amide bonds. The first-order valence-electron chi connectivity index (χ1n) is 6.29. The van der Waals surface area contributed by atoms with Gasteiger partial charge in [0.05, 0.1) is 21.4 Å². The maximum absolute atomic E-state index is 4.58. The van der Waals surface area contributed by atoms with Crippen LogP contribution in [0.2, 0.25) is 0 Å². The van der Waals surface area contributed by atoms with Crippen molar-refractivity contribution < 1.29 is 0 Å². The van der Waals surface area contributed by atoms with E-state index in [4.69, 9.17) is 0 Å². The van der Waals surface area contributed by atoms with Crippen LogP contribution in [0.1, 0.15) is 5.69 Å². The zero-order valence-electron chi connectivity index (χ0n) is 10.5. The third kappa shape index (κ3) is 2.09. The summed E-state index contributed by atoms with van der Waals surface area (Å²) in [6.45, 7) is 0. The summed E-state index contributed by atoms with van der Waals surface area (Å²) in [6.07, 6.45) is 1.88. The zero-order valence-corrected chi connectivity index (χ0v) is 12.2. The van der Waals surface area contributed by atoms with Crippen molar-refractivity contribution in [3.8, 4) is 0 Å². The van der Waals surface area contributed by atoms with E-state index in [0.29, 0.717) is 0 Å². The molecule has 3 nitrogen and oxygen atoms in total. The molecule has 4 aromatic rings. The van der Waals surface area contributed by atoms with Gasteiger partial charge in [-0.25, -0.2) is 4.98 Å². The number of fused-ring (bicyclic) bond motifs is 2. The van der Waals surface area contributed by atoms with Crippen LogP contribution in [0.15, 0.2) is 53.1 Å². The normalized spacial score (nSPS) is 11.4. The Balaban J connectivity index is 1.62. The number of aromatic nitrogens is 3. The number of hydrogen-bond donors (Lipinski definition) is 1. The number of benzene rings is 1. The summed E-state index contributed by atoms with van der Waals surface area (Å²) < 4.78 is 1.27. The second-order valence-corrected chi connectivity index (χ2v) is 6.32. The molecule has 1 N–H and O–H groups in total. The van der Waals surface area contributed by atoms with Gasteiger partial charge in [-0.05, 0) is 35.0 Å². The standard InChI is InChI=1S/C15H11N3S2/c1-2-4-12-11(3-1)17-15(18-12)20-9-13-14-10(5-7-16-13)6-8-19-14/h1-8H,9H2,(H,17,18). The second-order valence-electron chi connectivity index (χ2n) is 4.44. The first-order chi connectivity index (χ1) is 9.90. The van der Waals surface area contributed by atoms with Gasteiger partial charge in [-0.2, -0.15) is 0 Å². The van der Waals surface area contributed by atoms with E-state index in [1.165, 1.54) is 10.1 Å². The van der Waals surface area contributed by atoms with Gasteiger partial charge in [0.2, 0.25) is 0 Å². The van der Waals surface area contributed by atoms with Crippen LogP contribution in [0.25, 0.3) is 21.1 Å². The van der Waals surface area contributed by atoms with Gasteiger partial charge < -0.3 is 4.98 Å². The Kier molecular flexibility index (Phi) is 2.94. The Morgan fingerprint density at radius 2 is 2.10 bits per heavy atom. The molecule has 0 unspecified atom stereocenters. The number of H-pyrrole nitrogens is 1. The fourth-order valence-corrected chi connectivity index (χ4v) is 4.00. The van der Waals surface area contributed by atoms with Crippen molar-refractivity contribution in [2.24, 2.45) is 0 Å². The fourth-order valence-electron chi connectivity index (χ4n) is 2.19. The molecule has 0 aliphatic rings. The van der Waals surface area contributed by atoms with E-state index >= 15 is 0 Å². The minimum atomic E-state index is 0.831. The van der Waals surface area contributed by atoms with Crippen molar-refractivity contribution >= 4 is 44.2 Å². The van der Waals surface area contributed by atoms with Crippen molar-refractivity contribution in [1.29, 1.82) is 0 Å². The number of nitrogens with one attached hydrogen (secondary N) is 1. The summed E-state index contributed by atoms with van der Waals surface area (Å²) in [5.74, 6) is 0.831. The van der Waals surface area contributed by atoms with E-state index in [1.807, 2.05) is 30.5 Å². The molecule has 0 fully saturated rings. The van der Waals surface area contributed by atoms with E-state index in [0.717, 1.165) is 27.6 Å². The highest BCUT2D eigenvalue weighted by Crippen LogP contribution is 2.28. The number of hydrogen-bond acceptors (Lipinski definition) is 4. The summed E-state index contributed by atoms with van der Waals surface area (Å²) in [6, 6.07) is 12.3. The number of thioether (sulfide) groups is 1. The molecule has 0 atom stereocenters. The Morgan fingerprint density at radius 3 is 3.05 bits per heavy atom. The van der Waals surface area contributed by atoms with Crippen molar-refractivity contribution in [2.75, 3.05) is 0 Å². The van der Waals surface area contributed by atoms with Crippen LogP contribution in [0.5, 0.6) is 0 Å². The van der Waals surface area contributed by atoms with Crippen molar-refractivity contribution in [1.82, 2.24) is 15.0 Å². The molecule has 20 heavy (non-hydrogen) atoms. The van der Waals surface area contributed by atoms with Crippen molar-refractivity contribution in [2.45, 2.75) is 10.9 Å². The highest BCUT2D eigenvalue weighted by Gasteiger charge is 2.07. The lowest BCUT2D eigenvalue weighted by molar-refractivity contribution is 1.07. The van der Waals surface area contributed by atoms with Crippen LogP contribution in [0, 0.1) is 0 Å². The lowest BCUT2D eigenvalue weighted by Crippen LogP contribution is -1.86. The van der Waals surface area contributed by atoms with Crippen LogP contribution in [0.3, 0.4) is 0 Å². The van der Waals surface area contributed by atoms with Crippen LogP contribution in [-0.2, 0) is 5.75 Å². The summed E-state index contributed by atoms with van der Waals surface area (Å²) >= 11 is 3.44. The Morgan fingerprint density at radius 1 is 1.15 bits per heavy atom. The monoisotopic (exact) mass is 297 g/mol. The number of pyridine rings is 1. The van der Waals surface area contributed by atoms with Gasteiger partial charge in [0.25, 0.3) is 0 Å². The summed E-state index contributed by atoms with van der Waals surface area (Å²) in [5.41, 5.74) is 3.22. The molecule has 4 rings (SSSR count). The third-order valence-corrected chi connectivity index (χ3v) is 5.02. The number of imidazole rings is 1. The maximum atomic E-state index is 4.58. The highest BCUT2D eigenvalue weighted by atomic mass is 32.2. The maximum Gasteiger partial charge on any atom is 0.166 e. The van der Waals surface area contributed by atoms with Crippen molar-refractivity contribution in [3.63, 3.8) is 0 Å². The number of aromatic amines is 1. The van der Waals surface area contributed by atoms with E-state index in [1.54, 1.807) is 23.1 Å². The molecule has 0 aliphatic carbocycles. The Labute approximate surface area is 124 Å². The van der Waals surface area contributed by atoms with Gasteiger partial charge >= 0.3 is 0 Å². The zero-order chi connectivity index (χ0) is 13.4. The SMILES string of the molecule is c1ccc2[nH]c(SCc3nccc4ccsc34)nc2c1. The van der Waals surface area contributed by atoms with Gasteiger partial charge in [0.15, 0.2) is 5.16 Å². The number of para-hydroxylation sites is 2. The van der Waals surface area contributed by atoms with Gasteiger partial charge in [0, 0.05) is 11.9 Å². The van der Waals surface area contributed by atoms with Crippen LogP contribution in [0.4, 0.5) is 0 Å². The molecule has 3 heterocycles. The Bertz CT molecular complexity index is 846. The predicted octanol–water partition coefficient (Wildman–Crippen LogP) is 4.46. The lowest BCUT2D eigenvalue weighted by atomic mass is 10.3. The smallest absolute Gasteiger partial charge is 0.166 e. The first-order valence-corrected chi connectivity index (χ1v) is 8.15. The summed E-state index contributed by atoms with van der Waals surface area (Å²) in [4.78, 5) is 12.4. The number of nitrogens with zero attached hydrogens (tertiary/aromatic N) is 2. The van der Waals surface area contributed by atoms with Crippen LogP contribution < -0.4 is 0 Å². The summed E-state index contributed by atoms with van der Waals surface area (Å²) in [5, 5.41) is 4.33. The van der Waals surface area contributed by atoms with E-state index in [9.17, 15) is 0 Å². The molecular formula is C15H11N3S2. The molecule has 1 aromatic carbocycles. The molecule has 0 saturated heterocycles. The van der Waals surface area contributed by atoms with Crippen molar-refractivity contribution in [3.05, 3.63) is 53.7 Å². The molecular weight excluding hydrogens is 286 g/mol. The molecule has 98 valence electrons. The van der Waals surface area contributed by atoms with E-state index in [2.05, 4.69) is 32.5 Å². The van der Waals surface area contributed by atoms with Gasteiger partial charge in [-0.15, -0.1) is 11.3 Å². The highest BCUT2D eigenvalue weighted by molar-refractivity contribution is 7.98. The third-order valence-electron chi connectivity index (χ3n) is 3.16. The van der Waals surface area contributed by atoms with E-state index in [-0.39, 0.29) is 0 Å². The van der Waals surface area contributed by atoms with Gasteiger partial charge in [-0.1, -0.05) is 23.9 Å². The molecule has 0 spiro atoms. The predicted molar refractivity (Wildman–Crippen MR) is 85.3 cm³/mol. The molecule has 3 aromatic heterocycles. The average molecular weight is 297 g/mol. The molecule has 5 heteroatoms. The number of rotatable bonds is 3. The minimum Gasteiger partial charge on any atom is -0.333 e.